The lowest BCUT2D eigenvalue weighted by molar-refractivity contribution is 0.0695. The molecule has 1 saturated heterocycles. The average molecular weight is 401 g/mol. The first-order valence-electron chi connectivity index (χ1n) is 9.98. The number of carbonyl (C=O) groups is 1. The molecule has 2 aromatic rings. The molecule has 8 heteroatoms. The van der Waals surface area contributed by atoms with Crippen molar-refractivity contribution in [3.63, 3.8) is 0 Å². The van der Waals surface area contributed by atoms with Gasteiger partial charge in [-0.3, -0.25) is 4.79 Å². The Labute approximate surface area is 166 Å². The van der Waals surface area contributed by atoms with Gasteiger partial charge in [0.1, 0.15) is 11.3 Å². The van der Waals surface area contributed by atoms with Gasteiger partial charge in [0.05, 0.1) is 18.0 Å². The van der Waals surface area contributed by atoms with E-state index >= 15 is 4.39 Å². The standard InChI is InChI=1S/C21H24FN3O4/c1-10-14-16(25(11-3-4-11)7-12(18(14)26)20(27)28)19(29-2)17(15(10)22)24-8-13(23)21(9-24)5-6-21/h7,11,13H,3-6,8-9,23H2,1-2H3,(H,27,28)/t13-/m1/s1. The van der Waals surface area contributed by atoms with Crippen molar-refractivity contribution in [2.75, 3.05) is 25.1 Å². The van der Waals surface area contributed by atoms with Crippen molar-refractivity contribution >= 4 is 22.6 Å². The molecular formula is C21H24FN3O4. The second kappa shape index (κ2) is 5.95. The summed E-state index contributed by atoms with van der Waals surface area (Å²) >= 11 is 0. The first kappa shape index (κ1) is 18.4. The fraction of sp³-hybridized carbons (Fsp3) is 0.524. The maximum Gasteiger partial charge on any atom is 0.341 e. The molecule has 3 fully saturated rings. The van der Waals surface area contributed by atoms with E-state index < -0.39 is 17.2 Å². The smallest absolute Gasteiger partial charge is 0.341 e. The fourth-order valence-corrected chi connectivity index (χ4v) is 4.83. The molecule has 1 atom stereocenters. The van der Waals surface area contributed by atoms with Gasteiger partial charge in [0.25, 0.3) is 0 Å². The third-order valence-electron chi connectivity index (χ3n) is 6.87. The van der Waals surface area contributed by atoms with E-state index in [4.69, 9.17) is 10.5 Å². The molecule has 0 amide bonds. The van der Waals surface area contributed by atoms with Crippen molar-refractivity contribution in [3.05, 3.63) is 33.4 Å². The molecule has 154 valence electrons. The van der Waals surface area contributed by atoms with Crippen LogP contribution in [0, 0.1) is 18.2 Å². The van der Waals surface area contributed by atoms with E-state index in [2.05, 4.69) is 0 Å². The number of fused-ring (bicyclic) bond motifs is 1. The Hall–Kier alpha value is -2.61. The van der Waals surface area contributed by atoms with Crippen LogP contribution in [0.1, 0.15) is 47.6 Å². The molecule has 7 nitrogen and oxygen atoms in total. The Morgan fingerprint density at radius 2 is 2.07 bits per heavy atom. The number of nitrogens with two attached hydrogens (primary N) is 1. The van der Waals surface area contributed by atoms with Crippen LogP contribution in [-0.2, 0) is 0 Å². The minimum Gasteiger partial charge on any atom is -0.492 e. The molecule has 1 aromatic carbocycles. The summed E-state index contributed by atoms with van der Waals surface area (Å²) in [6, 6.07) is 0.0565. The molecule has 1 spiro atoms. The van der Waals surface area contributed by atoms with Crippen LogP contribution in [0.3, 0.4) is 0 Å². The van der Waals surface area contributed by atoms with Crippen LogP contribution < -0.4 is 20.8 Å². The third-order valence-corrected chi connectivity index (χ3v) is 6.87. The van der Waals surface area contributed by atoms with Crippen molar-refractivity contribution in [2.24, 2.45) is 11.1 Å². The van der Waals surface area contributed by atoms with Gasteiger partial charge < -0.3 is 25.0 Å². The summed E-state index contributed by atoms with van der Waals surface area (Å²) in [5.41, 5.74) is 6.32. The Bertz CT molecular complexity index is 1120. The lowest BCUT2D eigenvalue weighted by atomic mass is 10.0. The van der Waals surface area contributed by atoms with Gasteiger partial charge in [-0.1, -0.05) is 0 Å². The first-order valence-corrected chi connectivity index (χ1v) is 9.98. The summed E-state index contributed by atoms with van der Waals surface area (Å²) in [5, 5.41) is 9.58. The van der Waals surface area contributed by atoms with Crippen molar-refractivity contribution in [1.82, 2.24) is 4.57 Å². The first-order chi connectivity index (χ1) is 13.8. The molecule has 0 bridgehead atoms. The Balaban J connectivity index is 1.83. The number of hydrogen-bond donors (Lipinski definition) is 2. The zero-order valence-electron chi connectivity index (χ0n) is 16.5. The van der Waals surface area contributed by atoms with Gasteiger partial charge in [0.2, 0.25) is 5.43 Å². The largest absolute Gasteiger partial charge is 0.492 e. The van der Waals surface area contributed by atoms with Gasteiger partial charge in [-0.15, -0.1) is 0 Å². The number of carboxylic acids is 1. The number of anilines is 1. The number of ether oxygens (including phenoxy) is 1. The minimum atomic E-state index is -1.31. The van der Waals surface area contributed by atoms with E-state index in [0.29, 0.717) is 24.3 Å². The molecule has 3 N–H and O–H groups in total. The van der Waals surface area contributed by atoms with Crippen molar-refractivity contribution in [2.45, 2.75) is 44.7 Å². The molecule has 0 unspecified atom stereocenters. The van der Waals surface area contributed by atoms with E-state index in [1.807, 2.05) is 4.90 Å². The lowest BCUT2D eigenvalue weighted by Gasteiger charge is -2.26. The number of aryl methyl sites for hydroxylation is 1. The highest BCUT2D eigenvalue weighted by Gasteiger charge is 2.54. The number of pyridine rings is 1. The average Bonchev–Trinajstić information content (AvgIpc) is 3.58. The van der Waals surface area contributed by atoms with Crippen LogP contribution >= 0.6 is 0 Å². The number of benzene rings is 1. The van der Waals surface area contributed by atoms with E-state index in [9.17, 15) is 14.7 Å². The number of aromatic nitrogens is 1. The SMILES string of the molecule is COc1c(N2C[C@@H](N)C3(CC3)C2)c(F)c(C)c2c(=O)c(C(=O)O)cn(C3CC3)c12. The zero-order valence-corrected chi connectivity index (χ0v) is 16.5. The molecule has 1 aliphatic heterocycles. The van der Waals surface area contributed by atoms with E-state index in [0.717, 1.165) is 25.7 Å². The fourth-order valence-electron chi connectivity index (χ4n) is 4.83. The van der Waals surface area contributed by atoms with Crippen LogP contribution in [0.5, 0.6) is 5.75 Å². The van der Waals surface area contributed by atoms with Crippen molar-refractivity contribution in [1.29, 1.82) is 0 Å². The number of nitrogens with zero attached hydrogens (tertiary/aromatic N) is 2. The summed E-state index contributed by atoms with van der Waals surface area (Å²) in [6.07, 6.45) is 5.21. The summed E-state index contributed by atoms with van der Waals surface area (Å²) in [5.74, 6) is -1.56. The number of aromatic carboxylic acids is 1. The molecule has 5 rings (SSSR count). The van der Waals surface area contributed by atoms with Gasteiger partial charge >= 0.3 is 5.97 Å². The van der Waals surface area contributed by atoms with Gasteiger partial charge in [0, 0.05) is 42.3 Å². The van der Waals surface area contributed by atoms with Gasteiger partial charge in [0.15, 0.2) is 11.6 Å². The van der Waals surface area contributed by atoms with E-state index in [-0.39, 0.29) is 39.8 Å². The Morgan fingerprint density at radius 3 is 2.59 bits per heavy atom. The summed E-state index contributed by atoms with van der Waals surface area (Å²) in [4.78, 5) is 26.5. The predicted octanol–water partition coefficient (Wildman–Crippen LogP) is 2.42. The number of methoxy groups -OCH3 is 1. The van der Waals surface area contributed by atoms with Gasteiger partial charge in [-0.05, 0) is 32.6 Å². The topological polar surface area (TPSA) is 97.8 Å². The van der Waals surface area contributed by atoms with Crippen LogP contribution in [0.4, 0.5) is 10.1 Å². The molecule has 29 heavy (non-hydrogen) atoms. The summed E-state index contributed by atoms with van der Waals surface area (Å²) in [6.45, 7) is 2.72. The Kier molecular flexibility index (Phi) is 3.78. The van der Waals surface area contributed by atoms with Crippen LogP contribution in [-0.4, -0.2) is 41.9 Å². The molecule has 2 saturated carbocycles. The quantitative estimate of drug-likeness (QED) is 0.817. The highest BCUT2D eigenvalue weighted by atomic mass is 19.1. The molecule has 1 aromatic heterocycles. The highest BCUT2D eigenvalue weighted by molar-refractivity contribution is 5.99. The Morgan fingerprint density at radius 1 is 1.38 bits per heavy atom. The maximum absolute atomic E-state index is 15.6. The maximum atomic E-state index is 15.6. The normalized spacial score (nSPS) is 22.5. The summed E-state index contributed by atoms with van der Waals surface area (Å²) < 4.78 is 23.1. The zero-order chi connectivity index (χ0) is 20.7. The summed E-state index contributed by atoms with van der Waals surface area (Å²) in [7, 11) is 1.46. The lowest BCUT2D eigenvalue weighted by Crippen LogP contribution is -2.30. The minimum absolute atomic E-state index is 0.0254. The van der Waals surface area contributed by atoms with Crippen LogP contribution in [0.25, 0.3) is 10.9 Å². The van der Waals surface area contributed by atoms with E-state index in [1.165, 1.54) is 20.2 Å². The highest BCUT2D eigenvalue weighted by Crippen LogP contribution is 2.54. The number of rotatable bonds is 4. The second-order valence-electron chi connectivity index (χ2n) is 8.71. The molecular weight excluding hydrogens is 377 g/mol. The van der Waals surface area contributed by atoms with Crippen molar-refractivity contribution < 1.29 is 19.0 Å². The van der Waals surface area contributed by atoms with Crippen molar-refractivity contribution in [3.8, 4) is 5.75 Å². The van der Waals surface area contributed by atoms with E-state index in [1.54, 1.807) is 4.57 Å². The van der Waals surface area contributed by atoms with Crippen LogP contribution in [0.2, 0.25) is 0 Å². The third kappa shape index (κ3) is 2.51. The van der Waals surface area contributed by atoms with Gasteiger partial charge in [-0.2, -0.15) is 0 Å². The molecule has 0 radical (unpaired) electrons. The van der Waals surface area contributed by atoms with Crippen LogP contribution in [0.15, 0.2) is 11.0 Å². The number of carboxylic acid groups (broad SMARTS) is 1. The number of halogens is 1. The predicted molar refractivity (Wildman–Crippen MR) is 107 cm³/mol. The molecule has 3 aliphatic rings. The monoisotopic (exact) mass is 401 g/mol. The molecule has 2 heterocycles. The van der Waals surface area contributed by atoms with Gasteiger partial charge in [-0.25, -0.2) is 9.18 Å². The molecule has 2 aliphatic carbocycles. The number of hydrogen-bond acceptors (Lipinski definition) is 5. The second-order valence-corrected chi connectivity index (χ2v) is 8.71.